The van der Waals surface area contributed by atoms with Gasteiger partial charge in [0.15, 0.2) is 0 Å². The van der Waals surface area contributed by atoms with Crippen molar-refractivity contribution < 1.29 is 32.4 Å². The lowest BCUT2D eigenvalue weighted by Crippen LogP contribution is -2.52. The highest BCUT2D eigenvalue weighted by Crippen LogP contribution is 2.38. The van der Waals surface area contributed by atoms with Gasteiger partial charge in [-0.3, -0.25) is 25.1 Å². The minimum absolute atomic E-state index is 0.0418. The summed E-state index contributed by atoms with van der Waals surface area (Å²) in [4.78, 5) is 41.4. The van der Waals surface area contributed by atoms with Gasteiger partial charge in [-0.05, 0) is 57.5 Å². The monoisotopic (exact) mass is 521 g/mol. The summed E-state index contributed by atoms with van der Waals surface area (Å²) in [5, 5.41) is 16.5. The number of guanidine groups is 1. The van der Waals surface area contributed by atoms with Gasteiger partial charge >= 0.3 is 12.3 Å². The van der Waals surface area contributed by atoms with Crippen LogP contribution in [0, 0.1) is 10.1 Å². The van der Waals surface area contributed by atoms with E-state index < -0.39 is 39.6 Å². The number of amides is 2. The number of nitro benzene ring substituents is 1. The molecule has 198 valence electrons. The number of nitro groups is 1. The van der Waals surface area contributed by atoms with E-state index in [1.165, 1.54) is 24.1 Å². The molecule has 1 aliphatic rings. The number of aliphatic imine (C=N–C) groups is 1. The van der Waals surface area contributed by atoms with E-state index in [0.29, 0.717) is 17.7 Å². The third-order valence-corrected chi connectivity index (χ3v) is 5.44. The lowest BCUT2D eigenvalue weighted by atomic mass is 9.87. The summed E-state index contributed by atoms with van der Waals surface area (Å²) in [5.74, 6) is -0.393. The summed E-state index contributed by atoms with van der Waals surface area (Å²) in [7, 11) is 1.45. The maximum absolute atomic E-state index is 13.2. The molecule has 0 unspecified atom stereocenters. The van der Waals surface area contributed by atoms with E-state index >= 15 is 0 Å². The molecule has 0 spiro atoms. The van der Waals surface area contributed by atoms with Crippen molar-refractivity contribution in [1.82, 2.24) is 10.2 Å². The van der Waals surface area contributed by atoms with Gasteiger partial charge in [0.2, 0.25) is 11.9 Å². The van der Waals surface area contributed by atoms with Crippen molar-refractivity contribution in [3.8, 4) is 0 Å². The summed E-state index contributed by atoms with van der Waals surface area (Å²) in [5.41, 5.74) is -3.16. The van der Waals surface area contributed by atoms with Crippen LogP contribution in [0.5, 0.6) is 0 Å². The number of carbonyl (C=O) groups is 2. The number of alkyl carbamates (subject to hydrolysis) is 1. The van der Waals surface area contributed by atoms with Crippen LogP contribution in [0.15, 0.2) is 47.5 Å². The molecule has 0 fully saturated rings. The van der Waals surface area contributed by atoms with Gasteiger partial charge in [-0.2, -0.15) is 13.2 Å². The highest BCUT2D eigenvalue weighted by atomic mass is 19.4. The molecule has 2 N–H and O–H groups in total. The molecule has 0 aromatic heterocycles. The van der Waals surface area contributed by atoms with Crippen molar-refractivity contribution in [2.75, 3.05) is 12.4 Å². The van der Waals surface area contributed by atoms with Crippen LogP contribution in [0.4, 0.5) is 35.0 Å². The second-order valence-electron chi connectivity index (χ2n) is 9.66. The first-order valence-corrected chi connectivity index (χ1v) is 11.1. The fourth-order valence-corrected chi connectivity index (χ4v) is 3.61. The zero-order valence-electron chi connectivity index (χ0n) is 20.8. The average molecular weight is 521 g/mol. The molecule has 1 heterocycles. The first-order chi connectivity index (χ1) is 17.0. The third-order valence-electron chi connectivity index (χ3n) is 5.44. The van der Waals surface area contributed by atoms with E-state index in [9.17, 15) is 32.9 Å². The molecule has 2 aromatic rings. The second-order valence-corrected chi connectivity index (χ2v) is 9.66. The lowest BCUT2D eigenvalue weighted by molar-refractivity contribution is -0.384. The Bertz CT molecular complexity index is 1270. The summed E-state index contributed by atoms with van der Waals surface area (Å²) in [6.07, 6.45) is -5.57. The fourth-order valence-electron chi connectivity index (χ4n) is 3.61. The van der Waals surface area contributed by atoms with E-state index in [4.69, 9.17) is 4.74 Å². The number of halogens is 3. The first kappa shape index (κ1) is 27.4. The largest absolute Gasteiger partial charge is 0.444 e. The van der Waals surface area contributed by atoms with Crippen molar-refractivity contribution >= 4 is 35.0 Å². The number of carbonyl (C=O) groups excluding carboxylic acids is 2. The molecule has 2 amide bonds. The number of alkyl halides is 3. The van der Waals surface area contributed by atoms with Crippen molar-refractivity contribution in [3.05, 3.63) is 63.7 Å². The SMILES string of the molecule is CN1C(=O)C[C@@](C)(c2cccc(Nc3cc(C(F)(F)F)ccc3[N+](=O)[O-])c2)N=C1NC(=O)OC(C)(C)C. The molecule has 10 nitrogen and oxygen atoms in total. The predicted molar refractivity (Wildman–Crippen MR) is 129 cm³/mol. The quantitative estimate of drug-likeness (QED) is 0.415. The van der Waals surface area contributed by atoms with Crippen molar-refractivity contribution in [1.29, 1.82) is 0 Å². The average Bonchev–Trinajstić information content (AvgIpc) is 2.75. The highest BCUT2D eigenvalue weighted by Gasteiger charge is 2.38. The molecule has 0 radical (unpaired) electrons. The van der Waals surface area contributed by atoms with Crippen LogP contribution >= 0.6 is 0 Å². The van der Waals surface area contributed by atoms with Crippen LogP contribution in [0.2, 0.25) is 0 Å². The van der Waals surface area contributed by atoms with Crippen molar-refractivity contribution in [3.63, 3.8) is 0 Å². The summed E-state index contributed by atoms with van der Waals surface area (Å²) >= 11 is 0. The molecule has 1 aliphatic heterocycles. The zero-order valence-corrected chi connectivity index (χ0v) is 20.8. The van der Waals surface area contributed by atoms with Crippen LogP contribution in [-0.2, 0) is 21.2 Å². The number of hydrogen-bond donors (Lipinski definition) is 2. The third kappa shape index (κ3) is 6.54. The van der Waals surface area contributed by atoms with Crippen LogP contribution in [0.3, 0.4) is 0 Å². The second kappa shape index (κ2) is 9.71. The van der Waals surface area contributed by atoms with Crippen molar-refractivity contribution in [2.45, 2.75) is 51.4 Å². The molecular formula is C24H26F3N5O5. The van der Waals surface area contributed by atoms with Gasteiger partial charge < -0.3 is 10.1 Å². The number of rotatable bonds is 4. The van der Waals surface area contributed by atoms with E-state index in [-0.39, 0.29) is 29.7 Å². The molecule has 1 atom stereocenters. The molecule has 0 bridgehead atoms. The number of ether oxygens (including phenoxy) is 1. The van der Waals surface area contributed by atoms with Gasteiger partial charge in [0.25, 0.3) is 5.69 Å². The molecule has 37 heavy (non-hydrogen) atoms. The van der Waals surface area contributed by atoms with E-state index in [1.807, 2.05) is 0 Å². The van der Waals surface area contributed by atoms with Crippen molar-refractivity contribution in [2.24, 2.45) is 4.99 Å². The maximum atomic E-state index is 13.2. The number of anilines is 2. The predicted octanol–water partition coefficient (Wildman–Crippen LogP) is 5.32. The van der Waals surface area contributed by atoms with Gasteiger partial charge in [-0.25, -0.2) is 9.79 Å². The van der Waals surface area contributed by atoms with Gasteiger partial charge in [0.1, 0.15) is 11.3 Å². The maximum Gasteiger partial charge on any atom is 0.416 e. The topological polar surface area (TPSA) is 126 Å². The Morgan fingerprint density at radius 1 is 1.19 bits per heavy atom. The van der Waals surface area contributed by atoms with Gasteiger partial charge in [-0.15, -0.1) is 0 Å². The standard InChI is InChI=1S/C24H26F3N5O5/c1-22(2,3)37-21(34)29-20-30-23(4,13-19(33)31(20)5)14-7-6-8-16(11-14)28-17-12-15(24(25,26)27)9-10-18(17)32(35)36/h6-12,28H,13H2,1-5H3,(H,29,30,34)/t23-/m0/s1. The Kier molecular flexibility index (Phi) is 7.20. The normalized spacial score (nSPS) is 18.2. The molecule has 0 saturated carbocycles. The Morgan fingerprint density at radius 2 is 1.86 bits per heavy atom. The highest BCUT2D eigenvalue weighted by molar-refractivity contribution is 6.05. The molecule has 0 saturated heterocycles. The van der Waals surface area contributed by atoms with Crippen LogP contribution in [0.1, 0.15) is 45.2 Å². The number of nitrogens with zero attached hydrogens (tertiary/aromatic N) is 3. The number of nitrogens with one attached hydrogen (secondary N) is 2. The molecule has 2 aromatic carbocycles. The Labute approximate surface area is 210 Å². The van der Waals surface area contributed by atoms with Crippen LogP contribution in [-0.4, -0.2) is 40.4 Å². The summed E-state index contributed by atoms with van der Waals surface area (Å²) in [6, 6.07) is 8.34. The lowest BCUT2D eigenvalue weighted by Gasteiger charge is -2.35. The molecular weight excluding hydrogens is 495 g/mol. The fraction of sp³-hybridized carbons (Fsp3) is 0.375. The van der Waals surface area contributed by atoms with E-state index in [2.05, 4.69) is 15.6 Å². The molecule has 0 aliphatic carbocycles. The minimum atomic E-state index is -4.69. The van der Waals surface area contributed by atoms with E-state index in [1.54, 1.807) is 39.8 Å². The van der Waals surface area contributed by atoms with Gasteiger partial charge in [0, 0.05) is 18.8 Å². The van der Waals surface area contributed by atoms with Gasteiger partial charge in [-0.1, -0.05) is 12.1 Å². The Balaban J connectivity index is 1.97. The summed E-state index contributed by atoms with van der Waals surface area (Å²) in [6.45, 7) is 6.70. The number of hydrogen-bond acceptors (Lipinski definition) is 7. The smallest absolute Gasteiger partial charge is 0.416 e. The van der Waals surface area contributed by atoms with Crippen LogP contribution in [0.25, 0.3) is 0 Å². The Hall–Kier alpha value is -4.16. The number of benzene rings is 2. The zero-order chi connectivity index (χ0) is 27.8. The molecule has 3 rings (SSSR count). The van der Waals surface area contributed by atoms with Crippen LogP contribution < -0.4 is 10.6 Å². The Morgan fingerprint density at radius 3 is 2.46 bits per heavy atom. The molecule has 13 heteroatoms. The summed E-state index contributed by atoms with van der Waals surface area (Å²) < 4.78 is 44.8. The first-order valence-electron chi connectivity index (χ1n) is 11.1. The minimum Gasteiger partial charge on any atom is -0.444 e. The van der Waals surface area contributed by atoms with E-state index in [0.717, 1.165) is 6.07 Å². The van der Waals surface area contributed by atoms with Gasteiger partial charge in [0.05, 0.1) is 22.4 Å².